The topological polar surface area (TPSA) is 47.0 Å². The molecule has 0 saturated carbocycles. The van der Waals surface area contributed by atoms with E-state index in [0.29, 0.717) is 16.3 Å². The highest BCUT2D eigenvalue weighted by Gasteiger charge is 2.29. The molecule has 0 amide bonds. The molecule has 0 fully saturated rings. The van der Waals surface area contributed by atoms with E-state index in [9.17, 15) is 18.0 Å². The molecule has 0 bridgehead atoms. The van der Waals surface area contributed by atoms with Gasteiger partial charge in [-0.25, -0.2) is 0 Å². The number of benzene rings is 2. The summed E-state index contributed by atoms with van der Waals surface area (Å²) in [6, 6.07) is 14.2. The average molecular weight is 372 g/mol. The second kappa shape index (κ2) is 6.19. The van der Waals surface area contributed by atoms with Gasteiger partial charge in [0.05, 0.1) is 16.4 Å². The molecule has 0 aliphatic heterocycles. The minimum Gasteiger partial charge on any atom is -0.482 e. The summed E-state index contributed by atoms with van der Waals surface area (Å²) in [4.78, 5) is 15.2. The Morgan fingerprint density at radius 2 is 1.81 bits per heavy atom. The smallest absolute Gasteiger partial charge is 0.422 e. The SMILES string of the molecule is Cc1ccccc1-n1ccc2c(=O)[nH]c3c(OCC(F)(F)F)cccc3c21. The Kier molecular flexibility index (Phi) is 3.95. The Balaban J connectivity index is 2.00. The van der Waals surface area contributed by atoms with E-state index >= 15 is 0 Å². The number of fused-ring (bicyclic) bond motifs is 3. The van der Waals surface area contributed by atoms with Crippen LogP contribution in [-0.4, -0.2) is 22.3 Å². The highest BCUT2D eigenvalue weighted by molar-refractivity contribution is 6.06. The van der Waals surface area contributed by atoms with Crippen molar-refractivity contribution in [1.29, 1.82) is 0 Å². The molecular weight excluding hydrogens is 357 g/mol. The molecule has 138 valence electrons. The van der Waals surface area contributed by atoms with Gasteiger partial charge in [-0.15, -0.1) is 0 Å². The molecule has 7 heteroatoms. The van der Waals surface area contributed by atoms with Crippen molar-refractivity contribution in [2.24, 2.45) is 0 Å². The summed E-state index contributed by atoms with van der Waals surface area (Å²) in [7, 11) is 0. The average Bonchev–Trinajstić information content (AvgIpc) is 3.06. The number of para-hydroxylation sites is 2. The molecule has 0 unspecified atom stereocenters. The molecule has 0 spiro atoms. The number of halogens is 3. The van der Waals surface area contributed by atoms with E-state index in [1.807, 2.05) is 35.8 Å². The van der Waals surface area contributed by atoms with Gasteiger partial charge in [0.1, 0.15) is 5.75 Å². The van der Waals surface area contributed by atoms with Gasteiger partial charge in [0.2, 0.25) is 0 Å². The van der Waals surface area contributed by atoms with Crippen LogP contribution < -0.4 is 10.3 Å². The number of aromatic nitrogens is 2. The number of hydrogen-bond donors (Lipinski definition) is 1. The molecule has 4 aromatic rings. The molecule has 0 aliphatic carbocycles. The molecule has 0 aliphatic rings. The Hall–Kier alpha value is -3.22. The van der Waals surface area contributed by atoms with Crippen LogP contribution in [0.5, 0.6) is 5.75 Å². The molecule has 0 radical (unpaired) electrons. The van der Waals surface area contributed by atoms with Crippen LogP contribution in [0.2, 0.25) is 0 Å². The van der Waals surface area contributed by atoms with E-state index in [0.717, 1.165) is 11.3 Å². The van der Waals surface area contributed by atoms with E-state index in [1.54, 1.807) is 24.4 Å². The standard InChI is InChI=1S/C20H15F3N2O2/c1-12-5-2-3-7-15(12)25-10-9-14-18(25)13-6-4-8-16(17(13)24-19(14)26)27-11-20(21,22)23/h2-10H,11H2,1H3,(H,24,26). The second-order valence-corrected chi connectivity index (χ2v) is 6.27. The predicted molar refractivity (Wildman–Crippen MR) is 97.7 cm³/mol. The van der Waals surface area contributed by atoms with E-state index in [4.69, 9.17) is 4.74 Å². The molecule has 0 saturated heterocycles. The lowest BCUT2D eigenvalue weighted by Crippen LogP contribution is -2.19. The lowest BCUT2D eigenvalue weighted by atomic mass is 10.1. The van der Waals surface area contributed by atoms with Crippen LogP contribution in [0.1, 0.15) is 5.56 Å². The molecule has 1 N–H and O–H groups in total. The third-order valence-electron chi connectivity index (χ3n) is 4.42. The Bertz CT molecular complexity index is 1210. The van der Waals surface area contributed by atoms with Gasteiger partial charge in [-0.2, -0.15) is 13.2 Å². The Morgan fingerprint density at radius 3 is 2.56 bits per heavy atom. The van der Waals surface area contributed by atoms with Gasteiger partial charge in [0.15, 0.2) is 6.61 Å². The maximum absolute atomic E-state index is 12.6. The number of nitrogens with zero attached hydrogens (tertiary/aromatic N) is 1. The van der Waals surface area contributed by atoms with Crippen molar-refractivity contribution in [1.82, 2.24) is 9.55 Å². The van der Waals surface area contributed by atoms with Crippen LogP contribution in [0, 0.1) is 6.92 Å². The molecule has 4 nitrogen and oxygen atoms in total. The summed E-state index contributed by atoms with van der Waals surface area (Å²) in [6.07, 6.45) is -2.68. The third-order valence-corrected chi connectivity index (χ3v) is 4.42. The van der Waals surface area contributed by atoms with Crippen LogP contribution >= 0.6 is 0 Å². The number of ether oxygens (including phenoxy) is 1. The van der Waals surface area contributed by atoms with Crippen molar-refractivity contribution in [2.75, 3.05) is 6.61 Å². The van der Waals surface area contributed by atoms with E-state index < -0.39 is 12.8 Å². The number of hydrogen-bond acceptors (Lipinski definition) is 2. The fourth-order valence-electron chi connectivity index (χ4n) is 3.24. The van der Waals surface area contributed by atoms with Crippen molar-refractivity contribution in [3.05, 3.63) is 70.6 Å². The summed E-state index contributed by atoms with van der Waals surface area (Å²) in [5.41, 5.74) is 2.38. The zero-order chi connectivity index (χ0) is 19.2. The first-order valence-electron chi connectivity index (χ1n) is 8.27. The van der Waals surface area contributed by atoms with Crippen LogP contribution in [0.15, 0.2) is 59.5 Å². The minimum absolute atomic E-state index is 0.0126. The zero-order valence-electron chi connectivity index (χ0n) is 14.3. The largest absolute Gasteiger partial charge is 0.482 e. The lowest BCUT2D eigenvalue weighted by molar-refractivity contribution is -0.153. The van der Waals surface area contributed by atoms with Crippen molar-refractivity contribution in [3.63, 3.8) is 0 Å². The fraction of sp³-hybridized carbons (Fsp3) is 0.150. The van der Waals surface area contributed by atoms with Gasteiger partial charge in [0.25, 0.3) is 5.56 Å². The highest BCUT2D eigenvalue weighted by atomic mass is 19.4. The lowest BCUT2D eigenvalue weighted by Gasteiger charge is -2.13. The quantitative estimate of drug-likeness (QED) is 0.566. The zero-order valence-corrected chi connectivity index (χ0v) is 14.3. The van der Waals surface area contributed by atoms with E-state index in [2.05, 4.69) is 4.98 Å². The molecule has 0 atom stereocenters. The van der Waals surface area contributed by atoms with Crippen molar-refractivity contribution in [2.45, 2.75) is 13.1 Å². The molecule has 2 heterocycles. The molecule has 2 aromatic carbocycles. The first-order chi connectivity index (χ1) is 12.8. The summed E-state index contributed by atoms with van der Waals surface area (Å²) in [5.74, 6) is -0.0126. The van der Waals surface area contributed by atoms with Gasteiger partial charge in [-0.05, 0) is 30.7 Å². The van der Waals surface area contributed by atoms with Gasteiger partial charge in [-0.3, -0.25) is 4.79 Å². The van der Waals surface area contributed by atoms with Gasteiger partial charge >= 0.3 is 6.18 Å². The van der Waals surface area contributed by atoms with Crippen molar-refractivity contribution < 1.29 is 17.9 Å². The number of aromatic amines is 1. The first-order valence-corrected chi connectivity index (χ1v) is 8.27. The predicted octanol–water partition coefficient (Wildman–Crippen LogP) is 4.72. The van der Waals surface area contributed by atoms with Gasteiger partial charge < -0.3 is 14.3 Å². The second-order valence-electron chi connectivity index (χ2n) is 6.27. The van der Waals surface area contributed by atoms with Crippen LogP contribution in [0.3, 0.4) is 0 Å². The fourth-order valence-corrected chi connectivity index (χ4v) is 3.24. The van der Waals surface area contributed by atoms with Gasteiger partial charge in [-0.1, -0.05) is 30.3 Å². The number of nitrogens with one attached hydrogen (secondary N) is 1. The summed E-state index contributed by atoms with van der Waals surface area (Å²) >= 11 is 0. The molecule has 4 rings (SSSR count). The number of rotatable bonds is 3. The number of pyridine rings is 1. The van der Waals surface area contributed by atoms with E-state index in [-0.39, 0.29) is 16.8 Å². The highest BCUT2D eigenvalue weighted by Crippen LogP contribution is 2.31. The number of H-pyrrole nitrogens is 1. The number of alkyl halides is 3. The van der Waals surface area contributed by atoms with Crippen LogP contribution in [-0.2, 0) is 0 Å². The summed E-state index contributed by atoms with van der Waals surface area (Å²) < 4.78 is 44.5. The van der Waals surface area contributed by atoms with Crippen molar-refractivity contribution >= 4 is 21.8 Å². The van der Waals surface area contributed by atoms with Crippen molar-refractivity contribution in [3.8, 4) is 11.4 Å². The maximum atomic E-state index is 12.6. The summed E-state index contributed by atoms with van der Waals surface area (Å²) in [6.45, 7) is 0.527. The minimum atomic E-state index is -4.46. The number of aryl methyl sites for hydroxylation is 1. The van der Waals surface area contributed by atoms with Gasteiger partial charge in [0, 0.05) is 17.3 Å². The Morgan fingerprint density at radius 1 is 1.04 bits per heavy atom. The molecule has 2 aromatic heterocycles. The normalized spacial score (nSPS) is 12.0. The maximum Gasteiger partial charge on any atom is 0.422 e. The summed E-state index contributed by atoms with van der Waals surface area (Å²) in [5, 5.41) is 1.07. The van der Waals surface area contributed by atoms with E-state index in [1.165, 1.54) is 6.07 Å². The van der Waals surface area contributed by atoms with Crippen LogP contribution in [0.25, 0.3) is 27.5 Å². The monoisotopic (exact) mass is 372 g/mol. The van der Waals surface area contributed by atoms with Crippen LogP contribution in [0.4, 0.5) is 13.2 Å². The Labute approximate surface area is 151 Å². The molecular formula is C20H15F3N2O2. The first kappa shape index (κ1) is 17.2. The molecule has 27 heavy (non-hydrogen) atoms. The third kappa shape index (κ3) is 3.05.